The van der Waals surface area contributed by atoms with Gasteiger partial charge in [-0.3, -0.25) is 4.79 Å². The molecule has 0 amide bonds. The van der Waals surface area contributed by atoms with Crippen molar-refractivity contribution in [3.63, 3.8) is 0 Å². The molecule has 0 spiro atoms. The molecule has 0 saturated heterocycles. The van der Waals surface area contributed by atoms with Crippen molar-refractivity contribution >= 4 is 17.9 Å². The fourth-order valence-electron chi connectivity index (χ4n) is 3.03. The molecule has 0 bridgehead atoms. The lowest BCUT2D eigenvalue weighted by Crippen LogP contribution is -2.16. The van der Waals surface area contributed by atoms with E-state index in [9.17, 15) is 19.5 Å². The maximum absolute atomic E-state index is 11.9. The number of rotatable bonds is 14. The van der Waals surface area contributed by atoms with E-state index in [1.807, 2.05) is 0 Å². The third-order valence-electron chi connectivity index (χ3n) is 5.16. The molecule has 29 heavy (non-hydrogen) atoms. The number of hydrogen-bond donors (Lipinski definition) is 2. The van der Waals surface area contributed by atoms with Crippen molar-refractivity contribution in [2.45, 2.75) is 84.2 Å². The number of carboxylic acids is 1. The summed E-state index contributed by atoms with van der Waals surface area (Å²) in [5, 5.41) is 18.9. The van der Waals surface area contributed by atoms with Crippen LogP contribution in [0.3, 0.4) is 0 Å². The van der Waals surface area contributed by atoms with Crippen LogP contribution in [0.5, 0.6) is 0 Å². The molecule has 6 heteroatoms. The van der Waals surface area contributed by atoms with E-state index in [1.54, 1.807) is 0 Å². The van der Waals surface area contributed by atoms with E-state index in [4.69, 9.17) is 9.84 Å². The lowest BCUT2D eigenvalue weighted by Gasteiger charge is -2.10. The number of aliphatic hydroxyl groups is 1. The van der Waals surface area contributed by atoms with Crippen LogP contribution >= 0.6 is 0 Å². The molecule has 162 valence electrons. The Balaban J connectivity index is 2.18. The van der Waals surface area contributed by atoms with Crippen LogP contribution in [0.1, 0.15) is 98.8 Å². The normalized spacial score (nSPS) is 12.9. The molecule has 0 aromatic heterocycles. The largest absolute Gasteiger partial charge is 0.478 e. The molecule has 0 saturated carbocycles. The number of hydrogen-bond acceptors (Lipinski definition) is 5. The van der Waals surface area contributed by atoms with Crippen molar-refractivity contribution < 1.29 is 29.3 Å². The van der Waals surface area contributed by atoms with Gasteiger partial charge in [-0.25, -0.2) is 9.59 Å². The summed E-state index contributed by atoms with van der Waals surface area (Å²) in [6.45, 7) is 4.50. The first-order valence-corrected chi connectivity index (χ1v) is 10.6. The number of benzene rings is 1. The maximum Gasteiger partial charge on any atom is 0.345 e. The van der Waals surface area contributed by atoms with Crippen molar-refractivity contribution in [3.8, 4) is 0 Å². The molecule has 1 aromatic carbocycles. The number of carbonyl (C=O) groups excluding carboxylic acids is 2. The molecule has 2 atom stereocenters. The minimum atomic E-state index is -1.16. The summed E-state index contributed by atoms with van der Waals surface area (Å²) in [6.07, 6.45) is 8.37. The third kappa shape index (κ3) is 10.8. The summed E-state index contributed by atoms with van der Waals surface area (Å²) >= 11 is 0. The van der Waals surface area contributed by atoms with Gasteiger partial charge in [-0.1, -0.05) is 64.9 Å². The first kappa shape index (κ1) is 24.8. The third-order valence-corrected chi connectivity index (χ3v) is 5.16. The van der Waals surface area contributed by atoms with E-state index in [-0.39, 0.29) is 24.0 Å². The van der Waals surface area contributed by atoms with E-state index in [0.29, 0.717) is 6.42 Å². The quantitative estimate of drug-likeness (QED) is 0.256. The zero-order valence-electron chi connectivity index (χ0n) is 17.6. The van der Waals surface area contributed by atoms with Gasteiger partial charge in [0.1, 0.15) is 0 Å². The first-order chi connectivity index (χ1) is 13.8. The van der Waals surface area contributed by atoms with Crippen LogP contribution in [-0.4, -0.2) is 34.2 Å². The predicted octanol–water partition coefficient (Wildman–Crippen LogP) is 4.99. The van der Waals surface area contributed by atoms with E-state index in [0.717, 1.165) is 31.2 Å². The summed E-state index contributed by atoms with van der Waals surface area (Å²) in [5.41, 5.74) is -0.0469. The second-order valence-corrected chi connectivity index (χ2v) is 7.70. The second-order valence-electron chi connectivity index (χ2n) is 7.70. The van der Waals surface area contributed by atoms with E-state index in [1.165, 1.54) is 43.9 Å². The summed E-state index contributed by atoms with van der Waals surface area (Å²) in [7, 11) is 0. The van der Waals surface area contributed by atoms with E-state index >= 15 is 0 Å². The zero-order valence-corrected chi connectivity index (χ0v) is 17.6. The Morgan fingerprint density at radius 2 is 1.59 bits per heavy atom. The number of carbonyl (C=O) groups is 3. The number of aromatic carboxylic acids is 1. The van der Waals surface area contributed by atoms with Crippen LogP contribution in [0.25, 0.3) is 0 Å². The monoisotopic (exact) mass is 406 g/mol. The van der Waals surface area contributed by atoms with Gasteiger partial charge in [0.25, 0.3) is 0 Å². The highest BCUT2D eigenvalue weighted by atomic mass is 16.6. The number of unbranched alkanes of at least 4 members (excludes halogenated alkanes) is 4. The molecular weight excluding hydrogens is 372 g/mol. The molecule has 0 heterocycles. The summed E-state index contributed by atoms with van der Waals surface area (Å²) < 4.78 is 4.74. The maximum atomic E-state index is 11.9. The minimum Gasteiger partial charge on any atom is -0.478 e. The molecule has 0 aliphatic carbocycles. The molecule has 2 N–H and O–H groups in total. The van der Waals surface area contributed by atoms with Gasteiger partial charge in [0, 0.05) is 6.42 Å². The van der Waals surface area contributed by atoms with Crippen LogP contribution in [0.15, 0.2) is 24.3 Å². The lowest BCUT2D eigenvalue weighted by molar-refractivity contribution is -0.138. The second kappa shape index (κ2) is 13.9. The van der Waals surface area contributed by atoms with E-state index < -0.39 is 24.0 Å². The molecular formula is C23H34O6. The van der Waals surface area contributed by atoms with Crippen molar-refractivity contribution in [1.82, 2.24) is 0 Å². The summed E-state index contributed by atoms with van der Waals surface area (Å²) in [6, 6.07) is 5.32. The molecule has 0 radical (unpaired) electrons. The van der Waals surface area contributed by atoms with Crippen molar-refractivity contribution in [2.24, 2.45) is 5.92 Å². The smallest absolute Gasteiger partial charge is 0.345 e. The SMILES string of the molecule is CCC(C)CCCCCCCC(O)CCC(=O)OC(=O)c1cccc(C(=O)O)c1. The summed E-state index contributed by atoms with van der Waals surface area (Å²) in [5.74, 6) is -1.97. The Hall–Kier alpha value is -2.21. The summed E-state index contributed by atoms with van der Waals surface area (Å²) in [4.78, 5) is 34.7. The molecule has 1 rings (SSSR count). The molecule has 6 nitrogen and oxygen atoms in total. The van der Waals surface area contributed by atoms with Gasteiger partial charge in [0.2, 0.25) is 0 Å². The Bertz CT molecular complexity index is 655. The Kier molecular flexibility index (Phi) is 11.9. The lowest BCUT2D eigenvalue weighted by atomic mass is 9.99. The molecule has 2 unspecified atom stereocenters. The Labute approximate surface area is 173 Å². The minimum absolute atomic E-state index is 0.00660. The van der Waals surface area contributed by atoms with Crippen LogP contribution in [0.4, 0.5) is 0 Å². The van der Waals surface area contributed by atoms with Gasteiger partial charge in [-0.2, -0.15) is 0 Å². The number of esters is 2. The number of aliphatic hydroxyl groups excluding tert-OH is 1. The van der Waals surface area contributed by atoms with Gasteiger partial charge >= 0.3 is 17.9 Å². The van der Waals surface area contributed by atoms with E-state index in [2.05, 4.69) is 13.8 Å². The zero-order chi connectivity index (χ0) is 21.6. The van der Waals surface area contributed by atoms with Crippen molar-refractivity contribution in [2.75, 3.05) is 0 Å². The van der Waals surface area contributed by atoms with Crippen LogP contribution in [0, 0.1) is 5.92 Å². The average Bonchev–Trinajstić information content (AvgIpc) is 2.71. The van der Waals surface area contributed by atoms with Gasteiger partial charge in [-0.15, -0.1) is 0 Å². The standard InChI is InChI=1S/C23H34O6/c1-3-17(2)10-7-5-4-6-8-13-20(24)14-15-21(25)29-23(28)19-12-9-11-18(16-19)22(26)27/h9,11-12,16-17,20,24H,3-8,10,13-15H2,1-2H3,(H,26,27). The van der Waals surface area contributed by atoms with Crippen LogP contribution in [-0.2, 0) is 9.53 Å². The fraction of sp³-hybridized carbons (Fsp3) is 0.609. The molecule has 0 fully saturated rings. The number of ether oxygens (including phenoxy) is 1. The Morgan fingerprint density at radius 1 is 0.966 bits per heavy atom. The van der Waals surface area contributed by atoms with Gasteiger partial charge < -0.3 is 14.9 Å². The topological polar surface area (TPSA) is 101 Å². The highest BCUT2D eigenvalue weighted by Crippen LogP contribution is 2.15. The molecule has 1 aromatic rings. The van der Waals surface area contributed by atoms with Crippen molar-refractivity contribution in [1.29, 1.82) is 0 Å². The molecule has 0 aliphatic rings. The van der Waals surface area contributed by atoms with Crippen LogP contribution in [0.2, 0.25) is 0 Å². The fourth-order valence-corrected chi connectivity index (χ4v) is 3.03. The first-order valence-electron chi connectivity index (χ1n) is 10.6. The predicted molar refractivity (Wildman–Crippen MR) is 111 cm³/mol. The average molecular weight is 407 g/mol. The highest BCUT2D eigenvalue weighted by molar-refractivity contribution is 5.99. The highest BCUT2D eigenvalue weighted by Gasteiger charge is 2.16. The van der Waals surface area contributed by atoms with Crippen molar-refractivity contribution in [3.05, 3.63) is 35.4 Å². The Morgan fingerprint density at radius 3 is 2.24 bits per heavy atom. The van der Waals surface area contributed by atoms with Gasteiger partial charge in [0.15, 0.2) is 0 Å². The number of carboxylic acid groups (broad SMARTS) is 1. The molecule has 0 aliphatic heterocycles. The van der Waals surface area contributed by atoms with Gasteiger partial charge in [0.05, 0.1) is 17.2 Å². The van der Waals surface area contributed by atoms with Gasteiger partial charge in [-0.05, 0) is 37.0 Å². The van der Waals surface area contributed by atoms with Crippen LogP contribution < -0.4 is 0 Å².